The van der Waals surface area contributed by atoms with Crippen LogP contribution in [0.3, 0.4) is 0 Å². The van der Waals surface area contributed by atoms with Crippen molar-refractivity contribution in [2.24, 2.45) is 0 Å². The molecule has 2 aromatic carbocycles. The average Bonchev–Trinajstić information content (AvgIpc) is 3.30. The maximum Gasteiger partial charge on any atom is 0.226 e. The molecule has 1 N–H and O–H groups in total. The van der Waals surface area contributed by atoms with Gasteiger partial charge in [-0.15, -0.1) is 0 Å². The van der Waals surface area contributed by atoms with Gasteiger partial charge in [0.25, 0.3) is 0 Å². The second-order valence-electron chi connectivity index (χ2n) is 8.58. The molecular formula is C25H27N5O3. The van der Waals surface area contributed by atoms with Crippen molar-refractivity contribution in [2.45, 2.75) is 24.8 Å². The van der Waals surface area contributed by atoms with Crippen molar-refractivity contribution in [3.8, 4) is 11.5 Å². The molecule has 0 spiro atoms. The van der Waals surface area contributed by atoms with Crippen LogP contribution in [-0.2, 0) is 4.79 Å². The largest absolute Gasteiger partial charge is 0.493 e. The average molecular weight is 446 g/mol. The van der Waals surface area contributed by atoms with Crippen molar-refractivity contribution in [1.82, 2.24) is 14.8 Å². The first-order valence-corrected chi connectivity index (χ1v) is 10.9. The van der Waals surface area contributed by atoms with Gasteiger partial charge in [-0.2, -0.15) is 10.1 Å². The molecule has 0 unspecified atom stereocenters. The Labute approximate surface area is 192 Å². The number of carbonyl (C=O) groups excluding carboxylic acids is 1. The Balaban J connectivity index is 1.53. The highest BCUT2D eigenvalue weighted by Gasteiger charge is 2.39. The molecular weight excluding hydrogens is 418 g/mol. The van der Waals surface area contributed by atoms with Crippen LogP contribution in [0.4, 0.5) is 11.6 Å². The lowest BCUT2D eigenvalue weighted by Crippen LogP contribution is -2.33. The van der Waals surface area contributed by atoms with Gasteiger partial charge in [0.2, 0.25) is 5.95 Å². The Morgan fingerprint density at radius 1 is 1.00 bits per heavy atom. The monoisotopic (exact) mass is 445 g/mol. The van der Waals surface area contributed by atoms with Gasteiger partial charge in [0.1, 0.15) is 12.4 Å². The van der Waals surface area contributed by atoms with E-state index in [-0.39, 0.29) is 17.7 Å². The molecule has 0 fully saturated rings. The molecule has 3 aromatic rings. The maximum absolute atomic E-state index is 13.6. The molecule has 2 atom stereocenters. The lowest BCUT2D eigenvalue weighted by Gasteiger charge is -2.35. The number of hydrogen-bond acceptors (Lipinski definition) is 7. The summed E-state index contributed by atoms with van der Waals surface area (Å²) in [6, 6.07) is 13.8. The highest BCUT2D eigenvalue weighted by atomic mass is 16.5. The number of methoxy groups -OCH3 is 2. The second kappa shape index (κ2) is 8.27. The summed E-state index contributed by atoms with van der Waals surface area (Å²) >= 11 is 0. The van der Waals surface area contributed by atoms with Gasteiger partial charge in [-0.25, -0.2) is 4.68 Å². The molecule has 0 saturated carbocycles. The molecule has 33 heavy (non-hydrogen) atoms. The first-order chi connectivity index (χ1) is 16.0. The number of hydrogen-bond donors (Lipinski definition) is 1. The van der Waals surface area contributed by atoms with E-state index in [1.54, 1.807) is 18.9 Å². The van der Waals surface area contributed by atoms with Crippen molar-refractivity contribution < 1.29 is 14.3 Å². The first-order valence-electron chi connectivity index (χ1n) is 10.9. The quantitative estimate of drug-likeness (QED) is 0.640. The fraction of sp³-hybridized carbons (Fsp3) is 0.320. The molecule has 0 amide bonds. The number of benzene rings is 2. The van der Waals surface area contributed by atoms with Gasteiger partial charge in [0.15, 0.2) is 17.3 Å². The molecule has 0 bridgehead atoms. The smallest absolute Gasteiger partial charge is 0.226 e. The number of ether oxygens (including phenoxy) is 2. The molecule has 170 valence electrons. The molecule has 1 aliphatic carbocycles. The molecule has 2 aliphatic rings. The Morgan fingerprint density at radius 3 is 2.42 bits per heavy atom. The summed E-state index contributed by atoms with van der Waals surface area (Å²) in [6.07, 6.45) is 2.65. The van der Waals surface area contributed by atoms with Crippen LogP contribution in [0.2, 0.25) is 0 Å². The molecule has 0 saturated heterocycles. The van der Waals surface area contributed by atoms with Crippen LogP contribution in [0.1, 0.15) is 35.9 Å². The third kappa shape index (κ3) is 3.61. The maximum atomic E-state index is 13.6. The van der Waals surface area contributed by atoms with Crippen molar-refractivity contribution in [1.29, 1.82) is 0 Å². The molecule has 8 heteroatoms. The van der Waals surface area contributed by atoms with Crippen molar-refractivity contribution in [3.63, 3.8) is 0 Å². The SMILES string of the molecule is COc1ccc([C@@H]2CC(=O)C3=C(C2)Nc2ncnn2[C@@H]3c2ccc(N(C)C)cc2)cc1OC. The minimum Gasteiger partial charge on any atom is -0.493 e. The number of nitrogens with one attached hydrogen (secondary N) is 1. The summed E-state index contributed by atoms with van der Waals surface area (Å²) in [5.74, 6) is 2.14. The summed E-state index contributed by atoms with van der Waals surface area (Å²) in [5, 5.41) is 7.81. The van der Waals surface area contributed by atoms with Crippen LogP contribution in [-0.4, -0.2) is 48.9 Å². The number of nitrogens with zero attached hydrogens (tertiary/aromatic N) is 4. The number of anilines is 2. The number of fused-ring (bicyclic) bond motifs is 1. The molecule has 2 heterocycles. The fourth-order valence-electron chi connectivity index (χ4n) is 4.76. The predicted molar refractivity (Wildman–Crippen MR) is 126 cm³/mol. The van der Waals surface area contributed by atoms with Gasteiger partial charge in [-0.05, 0) is 47.7 Å². The Kier molecular flexibility index (Phi) is 5.28. The molecule has 8 nitrogen and oxygen atoms in total. The van der Waals surface area contributed by atoms with Gasteiger partial charge in [0, 0.05) is 37.5 Å². The summed E-state index contributed by atoms with van der Waals surface area (Å²) in [5.41, 5.74) is 4.84. The van der Waals surface area contributed by atoms with E-state index in [1.165, 1.54) is 6.33 Å². The topological polar surface area (TPSA) is 81.5 Å². The van der Waals surface area contributed by atoms with E-state index < -0.39 is 0 Å². The zero-order chi connectivity index (χ0) is 23.1. The van der Waals surface area contributed by atoms with Gasteiger partial charge < -0.3 is 19.7 Å². The molecule has 1 aliphatic heterocycles. The summed E-state index contributed by atoms with van der Waals surface area (Å²) in [7, 11) is 7.26. The second-order valence-corrected chi connectivity index (χ2v) is 8.58. The predicted octanol–water partition coefficient (Wildman–Crippen LogP) is 3.78. The Morgan fingerprint density at radius 2 is 1.73 bits per heavy atom. The van der Waals surface area contributed by atoms with Crippen LogP contribution in [0, 0.1) is 0 Å². The van der Waals surface area contributed by atoms with E-state index in [2.05, 4.69) is 44.6 Å². The number of allylic oxidation sites excluding steroid dienone is 2. The standard InChI is InChI=1S/C25H27N5O3/c1-29(2)18-8-5-15(6-9-18)24-23-19(28-25-26-14-27-30(24)25)11-17(12-20(23)31)16-7-10-21(32-3)22(13-16)33-4/h5-10,13-14,17,24H,11-12H2,1-4H3,(H,26,27,28)/t17-,24+/m0/s1. The third-order valence-electron chi connectivity index (χ3n) is 6.47. The molecule has 1 aromatic heterocycles. The van der Waals surface area contributed by atoms with Crippen molar-refractivity contribution in [3.05, 3.63) is 71.2 Å². The molecule has 0 radical (unpaired) electrons. The summed E-state index contributed by atoms with van der Waals surface area (Å²) in [6.45, 7) is 0. The van der Waals surface area contributed by atoms with Crippen molar-refractivity contribution >= 4 is 17.4 Å². The normalized spacial score (nSPS) is 19.5. The van der Waals surface area contributed by atoms with Gasteiger partial charge in [-0.3, -0.25) is 4.79 Å². The van der Waals surface area contributed by atoms with E-state index in [4.69, 9.17) is 9.47 Å². The zero-order valence-electron chi connectivity index (χ0n) is 19.2. The van der Waals surface area contributed by atoms with E-state index in [9.17, 15) is 4.79 Å². The van der Waals surface area contributed by atoms with Crippen molar-refractivity contribution in [2.75, 3.05) is 38.5 Å². The lowest BCUT2D eigenvalue weighted by molar-refractivity contribution is -0.116. The zero-order valence-corrected chi connectivity index (χ0v) is 19.2. The lowest BCUT2D eigenvalue weighted by atomic mass is 9.78. The minimum atomic E-state index is -0.297. The van der Waals surface area contributed by atoms with E-state index in [0.717, 1.165) is 28.1 Å². The molecule has 5 rings (SSSR count). The Bertz CT molecular complexity index is 1230. The summed E-state index contributed by atoms with van der Waals surface area (Å²) in [4.78, 5) is 20.0. The highest BCUT2D eigenvalue weighted by molar-refractivity contribution is 6.00. The Hall–Kier alpha value is -3.81. The van der Waals surface area contributed by atoms with E-state index in [1.807, 2.05) is 32.3 Å². The number of carbonyl (C=O) groups is 1. The van der Waals surface area contributed by atoms with Gasteiger partial charge >= 0.3 is 0 Å². The fourth-order valence-corrected chi connectivity index (χ4v) is 4.76. The first kappa shape index (κ1) is 21.1. The number of ketones is 1. The summed E-state index contributed by atoms with van der Waals surface area (Å²) < 4.78 is 12.6. The van der Waals surface area contributed by atoms with Crippen LogP contribution >= 0.6 is 0 Å². The van der Waals surface area contributed by atoms with E-state index in [0.29, 0.717) is 30.3 Å². The van der Waals surface area contributed by atoms with E-state index >= 15 is 0 Å². The minimum absolute atomic E-state index is 0.0368. The van der Waals surface area contributed by atoms with Gasteiger partial charge in [0.05, 0.1) is 14.2 Å². The van der Waals surface area contributed by atoms with Gasteiger partial charge in [-0.1, -0.05) is 18.2 Å². The number of aromatic nitrogens is 3. The number of Topliss-reactive ketones (excluding diaryl/α,β-unsaturated/α-hetero) is 1. The van der Waals surface area contributed by atoms with Crippen LogP contribution in [0.25, 0.3) is 0 Å². The van der Waals surface area contributed by atoms with Crippen LogP contribution in [0.15, 0.2) is 60.1 Å². The third-order valence-corrected chi connectivity index (χ3v) is 6.47. The highest BCUT2D eigenvalue weighted by Crippen LogP contribution is 2.45. The van der Waals surface area contributed by atoms with Crippen LogP contribution in [0.5, 0.6) is 11.5 Å². The van der Waals surface area contributed by atoms with Crippen LogP contribution < -0.4 is 19.7 Å². The number of rotatable bonds is 5.